The number of hydrogen-bond donors (Lipinski definition) is 1. The number of nitrogens with zero attached hydrogens (tertiary/aromatic N) is 1. The van der Waals surface area contributed by atoms with E-state index in [4.69, 9.17) is 0 Å². The van der Waals surface area contributed by atoms with E-state index in [0.29, 0.717) is 17.3 Å². The van der Waals surface area contributed by atoms with E-state index in [1.54, 1.807) is 0 Å². The summed E-state index contributed by atoms with van der Waals surface area (Å²) in [6.07, 6.45) is 7.76. The second-order valence-corrected chi connectivity index (χ2v) is 6.23. The molecule has 3 aliphatic carbocycles. The summed E-state index contributed by atoms with van der Waals surface area (Å²) in [5, 5.41) is 19.6. The van der Waals surface area contributed by atoms with Gasteiger partial charge in [0.25, 0.3) is 0 Å². The molecule has 0 aromatic heterocycles. The molecule has 5 atom stereocenters. The van der Waals surface area contributed by atoms with Gasteiger partial charge in [0, 0.05) is 0 Å². The Bertz CT molecular complexity index is 347. The van der Waals surface area contributed by atoms with Crippen LogP contribution in [0.1, 0.15) is 51.9 Å². The van der Waals surface area contributed by atoms with Gasteiger partial charge in [-0.3, -0.25) is 0 Å². The number of aliphatic hydroxyl groups is 1. The largest absolute Gasteiger partial charge is 0.393 e. The molecule has 16 heavy (non-hydrogen) atoms. The molecule has 88 valence electrons. The monoisotopic (exact) mass is 219 g/mol. The zero-order valence-corrected chi connectivity index (χ0v) is 10.1. The van der Waals surface area contributed by atoms with Crippen LogP contribution in [0.25, 0.3) is 0 Å². The molecule has 3 saturated carbocycles. The van der Waals surface area contributed by atoms with Crippen LogP contribution in [-0.4, -0.2) is 11.2 Å². The molecule has 0 aliphatic heterocycles. The summed E-state index contributed by atoms with van der Waals surface area (Å²) in [6.45, 7) is 2.16. The highest BCUT2D eigenvalue weighted by molar-refractivity contribution is 5.23. The van der Waals surface area contributed by atoms with Crippen molar-refractivity contribution in [2.45, 2.75) is 58.0 Å². The number of aliphatic hydroxyl groups excluding tert-OH is 1. The van der Waals surface area contributed by atoms with Crippen LogP contribution in [0, 0.1) is 34.0 Å². The van der Waals surface area contributed by atoms with Crippen molar-refractivity contribution in [3.05, 3.63) is 0 Å². The minimum absolute atomic E-state index is 0.0359. The highest BCUT2D eigenvalue weighted by Crippen LogP contribution is 2.73. The SMILES string of the molecule is CC[C@@]1(C#N)C[C@]23CCCC(O)C2CCC13. The summed E-state index contributed by atoms with van der Waals surface area (Å²) in [5.41, 5.74) is 0.329. The first-order valence-corrected chi connectivity index (χ1v) is 6.78. The lowest BCUT2D eigenvalue weighted by Gasteiger charge is -2.61. The molecule has 3 fully saturated rings. The Kier molecular flexibility index (Phi) is 2.14. The Morgan fingerprint density at radius 2 is 2.19 bits per heavy atom. The van der Waals surface area contributed by atoms with E-state index in [2.05, 4.69) is 13.0 Å². The molecule has 1 spiro atoms. The molecule has 3 rings (SSSR count). The predicted molar refractivity (Wildman–Crippen MR) is 61.5 cm³/mol. The third kappa shape index (κ3) is 1.01. The minimum atomic E-state index is -0.0766. The fraction of sp³-hybridized carbons (Fsp3) is 0.929. The van der Waals surface area contributed by atoms with E-state index in [-0.39, 0.29) is 11.5 Å². The molecular weight excluding hydrogens is 198 g/mol. The molecule has 3 aliphatic rings. The van der Waals surface area contributed by atoms with Gasteiger partial charge in [-0.1, -0.05) is 13.3 Å². The molecule has 0 saturated heterocycles. The maximum atomic E-state index is 10.1. The zero-order valence-electron chi connectivity index (χ0n) is 10.1. The van der Waals surface area contributed by atoms with Crippen molar-refractivity contribution in [1.82, 2.24) is 0 Å². The summed E-state index contributed by atoms with van der Waals surface area (Å²) in [5.74, 6) is 1.11. The molecule has 0 radical (unpaired) electrons. The second-order valence-electron chi connectivity index (χ2n) is 6.23. The van der Waals surface area contributed by atoms with Gasteiger partial charge in [-0.25, -0.2) is 0 Å². The van der Waals surface area contributed by atoms with Gasteiger partial charge in [-0.2, -0.15) is 5.26 Å². The summed E-state index contributed by atoms with van der Waals surface area (Å²) < 4.78 is 0. The van der Waals surface area contributed by atoms with Gasteiger partial charge in [0.05, 0.1) is 17.6 Å². The van der Waals surface area contributed by atoms with Crippen molar-refractivity contribution in [1.29, 1.82) is 5.26 Å². The summed E-state index contributed by atoms with van der Waals surface area (Å²) >= 11 is 0. The lowest BCUT2D eigenvalue weighted by Crippen LogP contribution is -2.58. The van der Waals surface area contributed by atoms with E-state index < -0.39 is 0 Å². The van der Waals surface area contributed by atoms with Crippen molar-refractivity contribution in [3.63, 3.8) is 0 Å². The summed E-state index contributed by atoms with van der Waals surface area (Å²) in [7, 11) is 0. The third-order valence-corrected chi connectivity index (χ3v) is 5.97. The van der Waals surface area contributed by atoms with Gasteiger partial charge < -0.3 is 5.11 Å². The van der Waals surface area contributed by atoms with Gasteiger partial charge in [0.1, 0.15) is 0 Å². The molecule has 0 aromatic rings. The minimum Gasteiger partial charge on any atom is -0.393 e. The van der Waals surface area contributed by atoms with Gasteiger partial charge in [-0.15, -0.1) is 0 Å². The molecular formula is C14H21NO. The highest BCUT2D eigenvalue weighted by atomic mass is 16.3. The van der Waals surface area contributed by atoms with Crippen LogP contribution in [0.3, 0.4) is 0 Å². The third-order valence-electron chi connectivity index (χ3n) is 5.97. The Morgan fingerprint density at radius 1 is 1.38 bits per heavy atom. The number of nitriles is 1. The fourth-order valence-electron chi connectivity index (χ4n) is 5.27. The van der Waals surface area contributed by atoms with Crippen molar-refractivity contribution >= 4 is 0 Å². The maximum absolute atomic E-state index is 10.1. The van der Waals surface area contributed by atoms with E-state index in [9.17, 15) is 10.4 Å². The first kappa shape index (κ1) is 10.6. The van der Waals surface area contributed by atoms with Crippen LogP contribution in [0.5, 0.6) is 0 Å². The normalized spacial score (nSPS) is 54.7. The van der Waals surface area contributed by atoms with E-state index in [1.165, 1.54) is 19.3 Å². The fourth-order valence-corrected chi connectivity index (χ4v) is 5.27. The van der Waals surface area contributed by atoms with Gasteiger partial charge in [-0.05, 0) is 55.8 Å². The predicted octanol–water partition coefficient (Wildman–Crippen LogP) is 2.87. The highest BCUT2D eigenvalue weighted by Gasteiger charge is 2.69. The molecule has 0 heterocycles. The molecule has 0 bridgehead atoms. The second kappa shape index (κ2) is 3.23. The van der Waals surface area contributed by atoms with Crippen molar-refractivity contribution < 1.29 is 5.11 Å². The standard InChI is InChI=1S/C14H21NO/c1-2-13(9-15)8-14-7-3-4-11(16)10(14)5-6-12(13)14/h10-12,16H,2-8H2,1H3/t10?,11?,12?,13-,14+/m0/s1. The molecule has 0 aromatic carbocycles. The first-order chi connectivity index (χ1) is 7.68. The summed E-state index contributed by atoms with van der Waals surface area (Å²) in [4.78, 5) is 0. The maximum Gasteiger partial charge on any atom is 0.0693 e. The van der Waals surface area contributed by atoms with Crippen LogP contribution in [0.2, 0.25) is 0 Å². The van der Waals surface area contributed by atoms with Crippen molar-refractivity contribution in [2.75, 3.05) is 0 Å². The van der Waals surface area contributed by atoms with E-state index >= 15 is 0 Å². The molecule has 1 N–H and O–H groups in total. The molecule has 3 unspecified atom stereocenters. The van der Waals surface area contributed by atoms with Crippen LogP contribution < -0.4 is 0 Å². The number of rotatable bonds is 1. The lowest BCUT2D eigenvalue weighted by atomic mass is 9.41. The van der Waals surface area contributed by atoms with Gasteiger partial charge in [0.2, 0.25) is 0 Å². The number of hydrogen-bond acceptors (Lipinski definition) is 2. The first-order valence-electron chi connectivity index (χ1n) is 6.78. The Balaban J connectivity index is 1.91. The quantitative estimate of drug-likeness (QED) is 0.737. The Hall–Kier alpha value is -0.550. The average molecular weight is 219 g/mol. The van der Waals surface area contributed by atoms with E-state index in [0.717, 1.165) is 25.7 Å². The van der Waals surface area contributed by atoms with Gasteiger partial charge >= 0.3 is 0 Å². The van der Waals surface area contributed by atoms with Crippen LogP contribution in [0.4, 0.5) is 0 Å². The van der Waals surface area contributed by atoms with Crippen LogP contribution >= 0.6 is 0 Å². The Morgan fingerprint density at radius 3 is 2.88 bits per heavy atom. The molecule has 2 nitrogen and oxygen atoms in total. The summed E-state index contributed by atoms with van der Waals surface area (Å²) in [6, 6.07) is 2.60. The van der Waals surface area contributed by atoms with Crippen molar-refractivity contribution in [2.24, 2.45) is 22.7 Å². The Labute approximate surface area is 97.7 Å². The smallest absolute Gasteiger partial charge is 0.0693 e. The van der Waals surface area contributed by atoms with Gasteiger partial charge in [0.15, 0.2) is 0 Å². The van der Waals surface area contributed by atoms with Crippen molar-refractivity contribution in [3.8, 4) is 6.07 Å². The van der Waals surface area contributed by atoms with Crippen LogP contribution in [-0.2, 0) is 0 Å². The van der Waals surface area contributed by atoms with E-state index in [1.807, 2.05) is 0 Å². The lowest BCUT2D eigenvalue weighted by molar-refractivity contribution is -0.146. The van der Waals surface area contributed by atoms with Crippen LogP contribution in [0.15, 0.2) is 0 Å². The average Bonchev–Trinajstić information content (AvgIpc) is 2.58. The zero-order chi connectivity index (χ0) is 11.4. The molecule has 2 heteroatoms. The molecule has 0 amide bonds. The topological polar surface area (TPSA) is 44.0 Å².